The molecule has 0 atom stereocenters. The molecule has 0 fully saturated rings. The number of carbonyl (C=O) groups excluding carboxylic acids is 2. The molecule has 0 aliphatic carbocycles. The fraction of sp³-hybridized carbons (Fsp3) is 0.200. The van der Waals surface area contributed by atoms with Crippen LogP contribution in [0.25, 0.3) is 0 Å². The van der Waals surface area contributed by atoms with Crippen LogP contribution in [-0.4, -0.2) is 11.8 Å². The maximum absolute atomic E-state index is 10.3. The minimum absolute atomic E-state index is 0.115. The number of hydrogen-bond acceptors (Lipinski definition) is 3. The van der Waals surface area contributed by atoms with Gasteiger partial charge in [-0.3, -0.25) is 9.59 Å². The van der Waals surface area contributed by atoms with E-state index in [1.165, 1.54) is 6.08 Å². The zero-order valence-corrected chi connectivity index (χ0v) is 4.09. The van der Waals surface area contributed by atoms with E-state index in [9.17, 15) is 9.59 Å². The molecule has 0 aromatic rings. The van der Waals surface area contributed by atoms with Crippen molar-refractivity contribution in [1.82, 2.24) is 0 Å². The summed E-state index contributed by atoms with van der Waals surface area (Å²) in [6, 6.07) is 0. The zero-order valence-electron chi connectivity index (χ0n) is 4.09. The van der Waals surface area contributed by atoms with Crippen LogP contribution in [-0.2, 0) is 14.3 Å². The Kier molecular flexibility index (Phi) is 1.12. The van der Waals surface area contributed by atoms with Crippen molar-refractivity contribution in [2.45, 2.75) is 6.42 Å². The largest absolute Gasteiger partial charge is 0.434 e. The Morgan fingerprint density at radius 2 is 2.25 bits per heavy atom. The van der Waals surface area contributed by atoms with E-state index >= 15 is 0 Å². The van der Waals surface area contributed by atoms with Gasteiger partial charge in [-0.05, 0) is 0 Å². The first-order valence-electron chi connectivity index (χ1n) is 2.18. The molecule has 8 heavy (non-hydrogen) atoms. The SMILES string of the molecule is O=C1C=COC(=O)C1. The van der Waals surface area contributed by atoms with E-state index in [-0.39, 0.29) is 12.2 Å². The molecule has 0 aromatic carbocycles. The molecular weight excluding hydrogens is 108 g/mol. The van der Waals surface area contributed by atoms with Gasteiger partial charge in [0.05, 0.1) is 6.26 Å². The monoisotopic (exact) mass is 112 g/mol. The lowest BCUT2D eigenvalue weighted by atomic mass is 10.2. The van der Waals surface area contributed by atoms with Gasteiger partial charge in [0.2, 0.25) is 0 Å². The van der Waals surface area contributed by atoms with Crippen LogP contribution in [0.15, 0.2) is 12.3 Å². The van der Waals surface area contributed by atoms with Gasteiger partial charge in [0, 0.05) is 6.08 Å². The van der Waals surface area contributed by atoms with Gasteiger partial charge in [-0.2, -0.15) is 0 Å². The molecule has 0 radical (unpaired) electrons. The molecule has 42 valence electrons. The average molecular weight is 112 g/mol. The lowest BCUT2D eigenvalue weighted by Crippen LogP contribution is -2.10. The molecule has 0 aromatic heterocycles. The Labute approximate surface area is 45.9 Å². The fourth-order valence-corrected chi connectivity index (χ4v) is 0.429. The van der Waals surface area contributed by atoms with Crippen LogP contribution in [0.5, 0.6) is 0 Å². The normalized spacial score (nSPS) is 18.5. The third kappa shape index (κ3) is 0.932. The smallest absolute Gasteiger partial charge is 0.318 e. The summed E-state index contributed by atoms with van der Waals surface area (Å²) in [7, 11) is 0. The molecular formula is C5H4O3. The van der Waals surface area contributed by atoms with Crippen LogP contribution < -0.4 is 0 Å². The zero-order chi connectivity index (χ0) is 5.98. The minimum atomic E-state index is -0.475. The fourth-order valence-electron chi connectivity index (χ4n) is 0.429. The van der Waals surface area contributed by atoms with Gasteiger partial charge in [-0.1, -0.05) is 0 Å². The van der Waals surface area contributed by atoms with Gasteiger partial charge in [-0.25, -0.2) is 0 Å². The topological polar surface area (TPSA) is 43.4 Å². The highest BCUT2D eigenvalue weighted by Gasteiger charge is 2.10. The minimum Gasteiger partial charge on any atom is -0.434 e. The van der Waals surface area contributed by atoms with Crippen molar-refractivity contribution in [3.05, 3.63) is 12.3 Å². The first kappa shape index (κ1) is 5.03. The van der Waals surface area contributed by atoms with E-state index in [1.807, 2.05) is 0 Å². The van der Waals surface area contributed by atoms with Crippen molar-refractivity contribution < 1.29 is 14.3 Å². The summed E-state index contributed by atoms with van der Waals surface area (Å²) in [5, 5.41) is 0. The molecule has 1 aliphatic heterocycles. The standard InChI is InChI=1S/C5H4O3/c6-4-1-2-8-5(7)3-4/h1-2H,3H2. The number of esters is 1. The highest BCUT2D eigenvalue weighted by Crippen LogP contribution is 1.96. The van der Waals surface area contributed by atoms with Crippen LogP contribution in [0.3, 0.4) is 0 Å². The summed E-state index contributed by atoms with van der Waals surface area (Å²) in [5.41, 5.74) is 0. The molecule has 3 heteroatoms. The van der Waals surface area contributed by atoms with Crippen LogP contribution >= 0.6 is 0 Å². The van der Waals surface area contributed by atoms with E-state index in [0.29, 0.717) is 0 Å². The summed E-state index contributed by atoms with van der Waals surface area (Å²) in [4.78, 5) is 20.5. The number of cyclic esters (lactones) is 1. The Bertz CT molecular complexity index is 157. The Morgan fingerprint density at radius 3 is 2.62 bits per heavy atom. The second-order valence-electron chi connectivity index (χ2n) is 1.44. The van der Waals surface area contributed by atoms with Gasteiger partial charge in [-0.15, -0.1) is 0 Å². The number of rotatable bonds is 0. The molecule has 0 unspecified atom stereocenters. The van der Waals surface area contributed by atoms with Crippen LogP contribution in [0.4, 0.5) is 0 Å². The number of carbonyl (C=O) groups is 2. The van der Waals surface area contributed by atoms with Crippen molar-refractivity contribution in [3.8, 4) is 0 Å². The first-order chi connectivity index (χ1) is 3.79. The van der Waals surface area contributed by atoms with Crippen molar-refractivity contribution in [1.29, 1.82) is 0 Å². The third-order valence-electron chi connectivity index (χ3n) is 0.772. The molecule has 1 heterocycles. The predicted molar refractivity (Wildman–Crippen MR) is 24.9 cm³/mol. The predicted octanol–water partition coefficient (Wildman–Crippen LogP) is 0.0161. The van der Waals surface area contributed by atoms with Crippen LogP contribution in [0.1, 0.15) is 6.42 Å². The Hall–Kier alpha value is -1.12. The number of ether oxygens (including phenoxy) is 1. The Morgan fingerprint density at radius 1 is 1.50 bits per heavy atom. The maximum Gasteiger partial charge on any atom is 0.318 e. The first-order valence-corrected chi connectivity index (χ1v) is 2.18. The summed E-state index contributed by atoms with van der Waals surface area (Å²) < 4.78 is 4.31. The number of ketones is 1. The molecule has 0 amide bonds. The second-order valence-corrected chi connectivity index (χ2v) is 1.44. The molecule has 1 rings (SSSR count). The van der Waals surface area contributed by atoms with E-state index < -0.39 is 5.97 Å². The van der Waals surface area contributed by atoms with E-state index in [4.69, 9.17) is 0 Å². The lowest BCUT2D eigenvalue weighted by Gasteiger charge is -1.99. The second kappa shape index (κ2) is 1.78. The van der Waals surface area contributed by atoms with Crippen LogP contribution in [0, 0.1) is 0 Å². The summed E-state index contributed by atoms with van der Waals surface area (Å²) >= 11 is 0. The van der Waals surface area contributed by atoms with E-state index in [2.05, 4.69) is 4.74 Å². The molecule has 1 aliphatic rings. The summed E-state index contributed by atoms with van der Waals surface area (Å²) in [6.45, 7) is 0. The van der Waals surface area contributed by atoms with Crippen LogP contribution in [0.2, 0.25) is 0 Å². The van der Waals surface area contributed by atoms with Gasteiger partial charge < -0.3 is 4.74 Å². The maximum atomic E-state index is 10.3. The van der Waals surface area contributed by atoms with Crippen molar-refractivity contribution in [2.75, 3.05) is 0 Å². The average Bonchev–Trinajstić information content (AvgIpc) is 1.64. The van der Waals surface area contributed by atoms with Gasteiger partial charge >= 0.3 is 5.97 Å². The Balaban J connectivity index is 2.68. The van der Waals surface area contributed by atoms with E-state index in [0.717, 1.165) is 6.26 Å². The van der Waals surface area contributed by atoms with Gasteiger partial charge in [0.25, 0.3) is 0 Å². The summed E-state index contributed by atoms with van der Waals surface area (Å²) in [6.07, 6.45) is 2.23. The molecule has 0 spiro atoms. The lowest BCUT2D eigenvalue weighted by molar-refractivity contribution is -0.141. The van der Waals surface area contributed by atoms with E-state index in [1.54, 1.807) is 0 Å². The van der Waals surface area contributed by atoms with Gasteiger partial charge in [0.1, 0.15) is 6.42 Å². The van der Waals surface area contributed by atoms with Crippen molar-refractivity contribution in [2.24, 2.45) is 0 Å². The summed E-state index contributed by atoms with van der Waals surface area (Å²) in [5.74, 6) is -0.668. The third-order valence-corrected chi connectivity index (χ3v) is 0.772. The highest BCUT2D eigenvalue weighted by molar-refractivity contribution is 6.03. The number of hydrogen-bond donors (Lipinski definition) is 0. The highest BCUT2D eigenvalue weighted by atomic mass is 16.5. The molecule has 0 N–H and O–H groups in total. The molecule has 0 saturated carbocycles. The molecule has 0 saturated heterocycles. The van der Waals surface area contributed by atoms with Gasteiger partial charge in [0.15, 0.2) is 5.78 Å². The molecule has 0 bridgehead atoms. The van der Waals surface area contributed by atoms with Crippen molar-refractivity contribution in [3.63, 3.8) is 0 Å². The quantitative estimate of drug-likeness (QED) is 0.327. The number of allylic oxidation sites excluding steroid dienone is 1. The molecule has 3 nitrogen and oxygen atoms in total. The van der Waals surface area contributed by atoms with Crippen molar-refractivity contribution >= 4 is 11.8 Å².